The number of carbonyl (C=O) groups excluding carboxylic acids is 1. The fourth-order valence-electron chi connectivity index (χ4n) is 2.58. The van der Waals surface area contributed by atoms with E-state index in [4.69, 9.17) is 0 Å². The van der Waals surface area contributed by atoms with Gasteiger partial charge in [0.2, 0.25) is 0 Å². The number of thioether (sulfide) groups is 1. The largest absolute Gasteiger partial charge is 0.369 e. The molecule has 0 spiro atoms. The fraction of sp³-hybridized carbons (Fsp3) is 0.333. The number of amides is 1. The quantitative estimate of drug-likeness (QED) is 0.456. The summed E-state index contributed by atoms with van der Waals surface area (Å²) in [4.78, 5) is 21.2. The maximum atomic E-state index is 13.2. The normalized spacial score (nSPS) is 10.9. The molecule has 7 nitrogen and oxygen atoms in total. The molecule has 3 aromatic rings. The maximum Gasteiger partial charge on any atom is 0.251 e. The minimum absolute atomic E-state index is 0.290. The second-order valence-corrected chi connectivity index (χ2v) is 6.63. The highest BCUT2D eigenvalue weighted by atomic mass is 32.2. The smallest absolute Gasteiger partial charge is 0.251 e. The first-order chi connectivity index (χ1) is 13.1. The molecule has 3 rings (SSSR count). The molecule has 142 valence electrons. The van der Waals surface area contributed by atoms with Crippen LogP contribution in [0.3, 0.4) is 0 Å². The number of nitrogens with zero attached hydrogens (tertiary/aromatic N) is 4. The van der Waals surface area contributed by atoms with E-state index in [1.54, 1.807) is 16.9 Å². The molecular weight excluding hydrogens is 367 g/mol. The zero-order chi connectivity index (χ0) is 19.2. The van der Waals surface area contributed by atoms with Crippen LogP contribution in [0.15, 0.2) is 35.6 Å². The van der Waals surface area contributed by atoms with Crippen LogP contribution in [0, 0.1) is 5.82 Å². The predicted octanol–water partition coefficient (Wildman–Crippen LogP) is 2.94. The summed E-state index contributed by atoms with van der Waals surface area (Å²) in [6, 6.07) is 5.60. The minimum atomic E-state index is -0.436. The highest BCUT2D eigenvalue weighted by Gasteiger charge is 2.13. The number of aromatic nitrogens is 4. The summed E-state index contributed by atoms with van der Waals surface area (Å²) in [5.41, 5.74) is 1.01. The van der Waals surface area contributed by atoms with Crippen LogP contribution in [0.1, 0.15) is 23.7 Å². The van der Waals surface area contributed by atoms with Crippen LogP contribution < -0.4 is 10.6 Å². The van der Waals surface area contributed by atoms with Crippen molar-refractivity contribution in [2.75, 3.05) is 24.7 Å². The van der Waals surface area contributed by atoms with Gasteiger partial charge in [-0.15, -0.1) is 0 Å². The summed E-state index contributed by atoms with van der Waals surface area (Å²) in [6.07, 6.45) is 4.64. The first-order valence-corrected chi connectivity index (χ1v) is 9.90. The molecule has 2 N–H and O–H groups in total. The van der Waals surface area contributed by atoms with Crippen LogP contribution in [0.2, 0.25) is 0 Å². The SMILES string of the molecule is CCCNc1nc(SC)nc2c1cnn2CCNC(=O)c1cccc(F)c1. The van der Waals surface area contributed by atoms with Crippen LogP contribution >= 0.6 is 11.8 Å². The van der Waals surface area contributed by atoms with Gasteiger partial charge in [-0.25, -0.2) is 19.0 Å². The molecule has 27 heavy (non-hydrogen) atoms. The molecule has 0 saturated carbocycles. The molecule has 1 amide bonds. The Morgan fingerprint density at radius 1 is 1.30 bits per heavy atom. The van der Waals surface area contributed by atoms with Crippen molar-refractivity contribution in [3.8, 4) is 0 Å². The van der Waals surface area contributed by atoms with Crippen LogP contribution in [0.4, 0.5) is 10.2 Å². The molecule has 0 fully saturated rings. The van der Waals surface area contributed by atoms with Gasteiger partial charge < -0.3 is 10.6 Å². The predicted molar refractivity (Wildman–Crippen MR) is 105 cm³/mol. The molecule has 0 aliphatic heterocycles. The van der Waals surface area contributed by atoms with Gasteiger partial charge in [0, 0.05) is 18.7 Å². The molecular formula is C18H21FN6OS. The standard InChI is InChI=1S/C18H21FN6OS/c1-3-7-20-15-14-11-22-25(16(14)24-18(23-15)27-2)9-8-21-17(26)12-5-4-6-13(19)10-12/h4-6,10-11H,3,7-9H2,1-2H3,(H,21,26)(H,20,23,24). The van der Waals surface area contributed by atoms with Crippen molar-refractivity contribution in [1.29, 1.82) is 0 Å². The Balaban J connectivity index is 1.72. The van der Waals surface area contributed by atoms with Crippen molar-refractivity contribution in [2.45, 2.75) is 25.0 Å². The van der Waals surface area contributed by atoms with E-state index in [2.05, 4.69) is 32.6 Å². The molecule has 0 aliphatic rings. The highest BCUT2D eigenvalue weighted by Crippen LogP contribution is 2.23. The van der Waals surface area contributed by atoms with Crippen molar-refractivity contribution in [3.05, 3.63) is 41.8 Å². The lowest BCUT2D eigenvalue weighted by atomic mass is 10.2. The van der Waals surface area contributed by atoms with E-state index < -0.39 is 5.82 Å². The number of nitrogens with one attached hydrogen (secondary N) is 2. The molecule has 0 bridgehead atoms. The van der Waals surface area contributed by atoms with E-state index in [1.165, 1.54) is 30.0 Å². The Morgan fingerprint density at radius 3 is 2.89 bits per heavy atom. The van der Waals surface area contributed by atoms with Gasteiger partial charge in [0.1, 0.15) is 11.6 Å². The van der Waals surface area contributed by atoms with Gasteiger partial charge in [-0.05, 0) is 30.9 Å². The van der Waals surface area contributed by atoms with Crippen LogP contribution in [0.5, 0.6) is 0 Å². The summed E-state index contributed by atoms with van der Waals surface area (Å²) in [6.45, 7) is 3.70. The Hall–Kier alpha value is -2.68. The van der Waals surface area contributed by atoms with E-state index in [0.29, 0.717) is 29.5 Å². The number of benzene rings is 1. The third-order valence-electron chi connectivity index (χ3n) is 3.90. The molecule has 0 radical (unpaired) electrons. The van der Waals surface area contributed by atoms with E-state index in [-0.39, 0.29) is 5.91 Å². The van der Waals surface area contributed by atoms with E-state index in [1.807, 2.05) is 6.26 Å². The summed E-state index contributed by atoms with van der Waals surface area (Å²) in [7, 11) is 0. The van der Waals surface area contributed by atoms with Gasteiger partial charge in [-0.3, -0.25) is 4.79 Å². The number of anilines is 1. The summed E-state index contributed by atoms with van der Waals surface area (Å²) >= 11 is 1.46. The first-order valence-electron chi connectivity index (χ1n) is 8.67. The van der Waals surface area contributed by atoms with Gasteiger partial charge in [-0.2, -0.15) is 5.10 Å². The lowest BCUT2D eigenvalue weighted by Crippen LogP contribution is -2.27. The Morgan fingerprint density at radius 2 is 2.15 bits per heavy atom. The fourth-order valence-corrected chi connectivity index (χ4v) is 2.94. The minimum Gasteiger partial charge on any atom is -0.369 e. The summed E-state index contributed by atoms with van der Waals surface area (Å²) < 4.78 is 15.0. The molecule has 9 heteroatoms. The van der Waals surface area contributed by atoms with Gasteiger partial charge in [-0.1, -0.05) is 24.8 Å². The van der Waals surface area contributed by atoms with E-state index >= 15 is 0 Å². The van der Waals surface area contributed by atoms with Gasteiger partial charge in [0.05, 0.1) is 18.1 Å². The van der Waals surface area contributed by atoms with Gasteiger partial charge >= 0.3 is 0 Å². The molecule has 0 atom stereocenters. The van der Waals surface area contributed by atoms with E-state index in [0.717, 1.165) is 24.2 Å². The Kier molecular flexibility index (Phi) is 6.23. The topological polar surface area (TPSA) is 84.7 Å². The number of hydrogen-bond donors (Lipinski definition) is 2. The monoisotopic (exact) mass is 388 g/mol. The van der Waals surface area contributed by atoms with Crippen molar-refractivity contribution in [1.82, 2.24) is 25.1 Å². The van der Waals surface area contributed by atoms with Crippen LogP contribution in [-0.4, -0.2) is 45.0 Å². The number of fused-ring (bicyclic) bond motifs is 1. The molecule has 0 unspecified atom stereocenters. The molecule has 2 aromatic heterocycles. The summed E-state index contributed by atoms with van der Waals surface area (Å²) in [5, 5.41) is 12.0. The molecule has 0 saturated heterocycles. The zero-order valence-corrected chi connectivity index (χ0v) is 16.0. The molecule has 2 heterocycles. The average molecular weight is 388 g/mol. The van der Waals surface area contributed by atoms with Crippen LogP contribution in [-0.2, 0) is 6.54 Å². The van der Waals surface area contributed by atoms with Gasteiger partial charge in [0.25, 0.3) is 5.91 Å². The lowest BCUT2D eigenvalue weighted by molar-refractivity contribution is 0.0951. The Bertz CT molecular complexity index is 945. The number of carbonyl (C=O) groups is 1. The second-order valence-electron chi connectivity index (χ2n) is 5.86. The van der Waals surface area contributed by atoms with Gasteiger partial charge in [0.15, 0.2) is 10.8 Å². The second kappa shape index (κ2) is 8.81. The van der Waals surface area contributed by atoms with Crippen LogP contribution in [0.25, 0.3) is 11.0 Å². The third kappa shape index (κ3) is 4.54. The lowest BCUT2D eigenvalue weighted by Gasteiger charge is -2.09. The number of rotatable bonds is 8. The van der Waals surface area contributed by atoms with Crippen molar-refractivity contribution >= 4 is 34.5 Å². The molecule has 0 aliphatic carbocycles. The Labute approximate surface area is 160 Å². The van der Waals surface area contributed by atoms with E-state index in [9.17, 15) is 9.18 Å². The third-order valence-corrected chi connectivity index (χ3v) is 4.44. The number of hydrogen-bond acceptors (Lipinski definition) is 6. The van der Waals surface area contributed by atoms with Crippen molar-refractivity contribution in [2.24, 2.45) is 0 Å². The molecule has 1 aromatic carbocycles. The maximum absolute atomic E-state index is 13.2. The first kappa shape index (κ1) is 19.1. The van der Waals surface area contributed by atoms with Crippen molar-refractivity contribution < 1.29 is 9.18 Å². The average Bonchev–Trinajstić information content (AvgIpc) is 3.09. The highest BCUT2D eigenvalue weighted by molar-refractivity contribution is 7.98. The number of halogens is 1. The van der Waals surface area contributed by atoms with Crippen molar-refractivity contribution in [3.63, 3.8) is 0 Å². The summed E-state index contributed by atoms with van der Waals surface area (Å²) in [5.74, 6) is 0.00561. The zero-order valence-electron chi connectivity index (χ0n) is 15.2.